The van der Waals surface area contributed by atoms with E-state index in [0.29, 0.717) is 5.52 Å². The summed E-state index contributed by atoms with van der Waals surface area (Å²) in [4.78, 5) is 14.6. The zero-order valence-electron chi connectivity index (χ0n) is 7.96. The number of fused-ring (bicyclic) bond motifs is 1. The van der Waals surface area contributed by atoms with Gasteiger partial charge in [-0.15, -0.1) is 0 Å². The van der Waals surface area contributed by atoms with E-state index in [1.807, 2.05) is 0 Å². The molecule has 0 atom stereocenters. The molecule has 0 saturated carbocycles. The lowest BCUT2D eigenvalue weighted by Crippen LogP contribution is -2.09. The second-order valence-corrected chi connectivity index (χ2v) is 5.16. The fraction of sp³-hybridized carbons (Fsp3) is 0.286. The van der Waals surface area contributed by atoms with Gasteiger partial charge in [-0.1, -0.05) is 34.8 Å². The van der Waals surface area contributed by atoms with Gasteiger partial charge in [0, 0.05) is 0 Å². The Morgan fingerprint density at radius 2 is 1.94 bits per heavy atom. The molecular formula is C7H6Cl3N5O. The maximum absolute atomic E-state index is 5.67. The number of aromatic nitrogens is 4. The molecule has 9 heteroatoms. The molecule has 3 N–H and O–H groups in total. The molecule has 16 heavy (non-hydrogen) atoms. The lowest BCUT2D eigenvalue weighted by atomic mass is 10.5. The number of nitrogens with two attached hydrogens (primary N) is 1. The van der Waals surface area contributed by atoms with Crippen molar-refractivity contribution in [2.75, 3.05) is 12.8 Å². The number of imidazole rings is 1. The summed E-state index contributed by atoms with van der Waals surface area (Å²) in [6.07, 6.45) is 0. The van der Waals surface area contributed by atoms with Gasteiger partial charge < -0.3 is 15.5 Å². The quantitative estimate of drug-likeness (QED) is 0.778. The Labute approximate surface area is 105 Å². The number of hydrogen-bond donors (Lipinski definition) is 2. The molecule has 2 heterocycles. The van der Waals surface area contributed by atoms with Crippen LogP contribution in [0, 0.1) is 0 Å². The van der Waals surface area contributed by atoms with Crippen molar-refractivity contribution in [2.24, 2.45) is 0 Å². The Balaban J connectivity index is 2.67. The molecule has 6 nitrogen and oxygen atoms in total. The first-order valence-electron chi connectivity index (χ1n) is 4.06. The molecule has 0 bridgehead atoms. The SMILES string of the molecule is COc1nc2nc(C(Cl)(Cl)Cl)nc(N)c2[nH]1. The van der Waals surface area contributed by atoms with Crippen LogP contribution in [0.25, 0.3) is 11.2 Å². The number of alkyl halides is 3. The summed E-state index contributed by atoms with van der Waals surface area (Å²) in [7, 11) is 1.46. The second kappa shape index (κ2) is 3.80. The van der Waals surface area contributed by atoms with Gasteiger partial charge in [-0.2, -0.15) is 4.98 Å². The average molecular weight is 283 g/mol. The number of nitrogen functional groups attached to an aromatic ring is 1. The van der Waals surface area contributed by atoms with Crippen LogP contribution in [0.2, 0.25) is 0 Å². The lowest BCUT2D eigenvalue weighted by molar-refractivity contribution is 0.386. The van der Waals surface area contributed by atoms with Gasteiger partial charge in [-0.25, -0.2) is 9.97 Å². The summed E-state index contributed by atoms with van der Waals surface area (Å²) in [5.41, 5.74) is 6.39. The van der Waals surface area contributed by atoms with Crippen LogP contribution in [-0.4, -0.2) is 27.0 Å². The molecule has 0 saturated heterocycles. The molecule has 0 aromatic carbocycles. The summed E-state index contributed by atoms with van der Waals surface area (Å²) in [6, 6.07) is 0.262. The van der Waals surface area contributed by atoms with E-state index in [-0.39, 0.29) is 23.3 Å². The first-order chi connectivity index (χ1) is 7.41. The monoisotopic (exact) mass is 281 g/mol. The summed E-state index contributed by atoms with van der Waals surface area (Å²) in [5.74, 6) is 0.110. The molecule has 0 fully saturated rings. The van der Waals surface area contributed by atoms with Crippen molar-refractivity contribution in [3.05, 3.63) is 5.82 Å². The Kier molecular flexibility index (Phi) is 2.73. The molecule has 0 radical (unpaired) electrons. The molecule has 0 unspecified atom stereocenters. The van der Waals surface area contributed by atoms with E-state index >= 15 is 0 Å². The normalized spacial score (nSPS) is 12.0. The Bertz CT molecular complexity index is 535. The van der Waals surface area contributed by atoms with Crippen molar-refractivity contribution in [1.82, 2.24) is 19.9 Å². The van der Waals surface area contributed by atoms with Gasteiger partial charge in [0.2, 0.25) is 3.79 Å². The molecule has 2 aromatic rings. The number of nitrogens with one attached hydrogen (secondary N) is 1. The minimum Gasteiger partial charge on any atom is -0.468 e. The smallest absolute Gasteiger partial charge is 0.295 e. The summed E-state index contributed by atoms with van der Waals surface area (Å²) in [6.45, 7) is 0. The van der Waals surface area contributed by atoms with Crippen molar-refractivity contribution in [3.8, 4) is 6.01 Å². The molecule has 0 aliphatic carbocycles. The number of hydrogen-bond acceptors (Lipinski definition) is 5. The highest BCUT2D eigenvalue weighted by Crippen LogP contribution is 2.37. The maximum atomic E-state index is 5.67. The van der Waals surface area contributed by atoms with Crippen LogP contribution in [0.3, 0.4) is 0 Å². The summed E-state index contributed by atoms with van der Waals surface area (Å²) in [5, 5.41) is 0. The first-order valence-corrected chi connectivity index (χ1v) is 5.19. The van der Waals surface area contributed by atoms with Crippen molar-refractivity contribution in [1.29, 1.82) is 0 Å². The molecular weight excluding hydrogens is 276 g/mol. The third kappa shape index (κ3) is 1.95. The van der Waals surface area contributed by atoms with Gasteiger partial charge in [-0.3, -0.25) is 0 Å². The third-order valence-corrected chi connectivity index (χ3v) is 2.31. The highest BCUT2D eigenvalue weighted by atomic mass is 35.6. The molecule has 0 aliphatic heterocycles. The predicted molar refractivity (Wildman–Crippen MR) is 61.9 cm³/mol. The van der Waals surface area contributed by atoms with Crippen LogP contribution in [0.1, 0.15) is 5.82 Å². The molecule has 0 amide bonds. The molecule has 2 rings (SSSR count). The van der Waals surface area contributed by atoms with Crippen molar-refractivity contribution in [3.63, 3.8) is 0 Å². The first kappa shape index (κ1) is 11.5. The van der Waals surface area contributed by atoms with E-state index in [2.05, 4.69) is 19.9 Å². The minimum atomic E-state index is -1.74. The molecule has 0 aliphatic rings. The van der Waals surface area contributed by atoms with Gasteiger partial charge in [-0.05, 0) is 0 Å². The topological polar surface area (TPSA) is 89.7 Å². The highest BCUT2D eigenvalue weighted by Gasteiger charge is 2.28. The molecule has 0 spiro atoms. The predicted octanol–water partition coefficient (Wildman–Crippen LogP) is 1.77. The number of ether oxygens (including phenoxy) is 1. The summed E-state index contributed by atoms with van der Waals surface area (Å²) < 4.78 is 3.15. The van der Waals surface area contributed by atoms with E-state index in [4.69, 9.17) is 45.3 Å². The third-order valence-electron chi connectivity index (χ3n) is 1.80. The van der Waals surface area contributed by atoms with Crippen LogP contribution < -0.4 is 10.5 Å². The zero-order chi connectivity index (χ0) is 11.9. The van der Waals surface area contributed by atoms with E-state index in [9.17, 15) is 0 Å². The maximum Gasteiger partial charge on any atom is 0.295 e. The van der Waals surface area contributed by atoms with E-state index < -0.39 is 3.79 Å². The van der Waals surface area contributed by atoms with Crippen LogP contribution in [-0.2, 0) is 3.79 Å². The number of H-pyrrole nitrogens is 1. The van der Waals surface area contributed by atoms with Crippen LogP contribution in [0.15, 0.2) is 0 Å². The molecule has 86 valence electrons. The van der Waals surface area contributed by atoms with Crippen LogP contribution in [0.5, 0.6) is 6.01 Å². The van der Waals surface area contributed by atoms with Crippen LogP contribution >= 0.6 is 34.8 Å². The second-order valence-electron chi connectivity index (χ2n) is 2.87. The van der Waals surface area contributed by atoms with Gasteiger partial charge in [0.15, 0.2) is 17.3 Å². The fourth-order valence-electron chi connectivity index (χ4n) is 1.12. The summed E-state index contributed by atoms with van der Waals surface area (Å²) >= 11 is 17.0. The number of aromatic amines is 1. The number of rotatable bonds is 1. The van der Waals surface area contributed by atoms with Gasteiger partial charge in [0.25, 0.3) is 6.01 Å². The largest absolute Gasteiger partial charge is 0.468 e. The number of nitrogens with zero attached hydrogens (tertiary/aromatic N) is 3. The van der Waals surface area contributed by atoms with E-state index in [1.54, 1.807) is 0 Å². The average Bonchev–Trinajstić information content (AvgIpc) is 2.59. The zero-order valence-corrected chi connectivity index (χ0v) is 10.2. The Morgan fingerprint density at radius 1 is 1.25 bits per heavy atom. The molecule has 2 aromatic heterocycles. The van der Waals surface area contributed by atoms with Crippen molar-refractivity contribution < 1.29 is 4.74 Å². The standard InChI is InChI=1S/C7H6Cl3N5O/c1-16-6-12-2-3(11)13-5(7(8,9)10)14-4(2)15-6/h1H3,(H3,11,12,13,14,15). The fourth-order valence-corrected chi connectivity index (χ4v) is 1.37. The van der Waals surface area contributed by atoms with Crippen molar-refractivity contribution in [2.45, 2.75) is 3.79 Å². The van der Waals surface area contributed by atoms with Gasteiger partial charge in [0.1, 0.15) is 5.52 Å². The highest BCUT2D eigenvalue weighted by molar-refractivity contribution is 6.66. The number of anilines is 1. The Morgan fingerprint density at radius 3 is 2.50 bits per heavy atom. The van der Waals surface area contributed by atoms with Gasteiger partial charge >= 0.3 is 0 Å². The van der Waals surface area contributed by atoms with Gasteiger partial charge in [0.05, 0.1) is 7.11 Å². The Hall–Kier alpha value is -0.980. The van der Waals surface area contributed by atoms with Crippen LogP contribution in [0.4, 0.5) is 5.82 Å². The number of halogens is 3. The minimum absolute atomic E-state index is 0.0309. The van der Waals surface area contributed by atoms with E-state index in [0.717, 1.165) is 0 Å². The number of methoxy groups -OCH3 is 1. The van der Waals surface area contributed by atoms with E-state index in [1.165, 1.54) is 7.11 Å². The van der Waals surface area contributed by atoms with Crippen molar-refractivity contribution >= 4 is 51.8 Å². The lowest BCUT2D eigenvalue weighted by Gasteiger charge is -2.08.